The number of carbonyl (C=O) groups is 1. The molecule has 7 nitrogen and oxygen atoms in total. The lowest BCUT2D eigenvalue weighted by Gasteiger charge is -2.24. The van der Waals surface area contributed by atoms with E-state index in [0.717, 1.165) is 16.8 Å². The van der Waals surface area contributed by atoms with E-state index in [9.17, 15) is 4.79 Å². The first-order chi connectivity index (χ1) is 12.8. The van der Waals surface area contributed by atoms with E-state index in [2.05, 4.69) is 10.4 Å². The Morgan fingerprint density at radius 3 is 2.78 bits per heavy atom. The van der Waals surface area contributed by atoms with Crippen molar-refractivity contribution in [2.24, 2.45) is 7.05 Å². The van der Waals surface area contributed by atoms with Crippen LogP contribution in [0.5, 0.6) is 11.5 Å². The second-order valence-electron chi connectivity index (χ2n) is 6.62. The van der Waals surface area contributed by atoms with Crippen LogP contribution in [0.25, 0.3) is 0 Å². The number of aryl methyl sites for hydroxylation is 1. The number of hydrogen-bond donors (Lipinski definition) is 1. The van der Waals surface area contributed by atoms with Gasteiger partial charge in [0, 0.05) is 25.6 Å². The van der Waals surface area contributed by atoms with Gasteiger partial charge >= 0.3 is 0 Å². The quantitative estimate of drug-likeness (QED) is 0.845. The topological polar surface area (TPSA) is 74.6 Å². The maximum absolute atomic E-state index is 12.8. The van der Waals surface area contributed by atoms with Gasteiger partial charge in [-0.05, 0) is 31.5 Å². The number of fused-ring (bicyclic) bond motifs is 1. The molecular weight excluding hydrogens is 370 g/mol. The van der Waals surface area contributed by atoms with E-state index in [4.69, 9.17) is 25.8 Å². The normalized spacial score (nSPS) is 18.7. The van der Waals surface area contributed by atoms with Crippen LogP contribution in [-0.4, -0.2) is 36.0 Å². The molecule has 27 heavy (non-hydrogen) atoms. The lowest BCUT2D eigenvalue weighted by Crippen LogP contribution is -2.28. The monoisotopic (exact) mass is 393 g/mol. The van der Waals surface area contributed by atoms with Crippen molar-refractivity contribution in [3.63, 3.8) is 0 Å². The van der Waals surface area contributed by atoms with Crippen LogP contribution in [-0.2, 0) is 24.8 Å². The molecule has 1 N–H and O–H groups in total. The summed E-state index contributed by atoms with van der Waals surface area (Å²) < 4.78 is 18.0. The largest absolute Gasteiger partial charge is 0.493 e. The Kier molecular flexibility index (Phi) is 5.62. The number of amides is 1. The first-order valence-electron chi connectivity index (χ1n) is 8.75. The third-order valence-corrected chi connectivity index (χ3v) is 4.93. The Hall–Kier alpha value is -2.25. The molecule has 8 heteroatoms. The maximum atomic E-state index is 12.8. The smallest absolute Gasteiger partial charge is 0.270 e. The number of halogens is 1. The molecule has 2 atom stereocenters. The SMILES string of the molecule is COc1cc(CNC(=O)c2c3c(nn2C)[C@H](C)O[C@H](C)C3)cc(Cl)c1OC. The zero-order chi connectivity index (χ0) is 19.7. The molecule has 1 aliphatic rings. The van der Waals surface area contributed by atoms with Crippen molar-refractivity contribution in [2.75, 3.05) is 14.2 Å². The molecule has 0 saturated heterocycles. The Morgan fingerprint density at radius 1 is 1.37 bits per heavy atom. The summed E-state index contributed by atoms with van der Waals surface area (Å²) in [5.74, 6) is 0.809. The van der Waals surface area contributed by atoms with Crippen LogP contribution in [0.15, 0.2) is 12.1 Å². The summed E-state index contributed by atoms with van der Waals surface area (Å²) in [5, 5.41) is 7.85. The number of benzene rings is 1. The number of nitrogens with zero attached hydrogens (tertiary/aromatic N) is 2. The van der Waals surface area contributed by atoms with Crippen molar-refractivity contribution < 1.29 is 19.0 Å². The van der Waals surface area contributed by atoms with E-state index in [1.54, 1.807) is 31.0 Å². The third-order valence-electron chi connectivity index (χ3n) is 4.65. The highest BCUT2D eigenvalue weighted by Gasteiger charge is 2.31. The molecule has 1 aromatic carbocycles. The zero-order valence-electron chi connectivity index (χ0n) is 16.1. The summed E-state index contributed by atoms with van der Waals surface area (Å²) in [4.78, 5) is 12.8. The number of aromatic nitrogens is 2. The summed E-state index contributed by atoms with van der Waals surface area (Å²) in [5.41, 5.74) is 3.16. The molecule has 2 aromatic rings. The van der Waals surface area contributed by atoms with Crippen LogP contribution < -0.4 is 14.8 Å². The van der Waals surface area contributed by atoms with Crippen molar-refractivity contribution in [3.8, 4) is 11.5 Å². The molecule has 0 aliphatic carbocycles. The zero-order valence-corrected chi connectivity index (χ0v) is 16.9. The fourth-order valence-electron chi connectivity index (χ4n) is 3.49. The lowest BCUT2D eigenvalue weighted by molar-refractivity contribution is -0.00710. The minimum absolute atomic E-state index is 0.0490. The van der Waals surface area contributed by atoms with Gasteiger partial charge in [-0.25, -0.2) is 0 Å². The summed E-state index contributed by atoms with van der Waals surface area (Å²) in [6.45, 7) is 4.26. The van der Waals surface area contributed by atoms with Crippen LogP contribution in [0.3, 0.4) is 0 Å². The Labute approximate surface area is 163 Å². The van der Waals surface area contributed by atoms with E-state index in [1.165, 1.54) is 7.11 Å². The van der Waals surface area contributed by atoms with Gasteiger partial charge in [0.25, 0.3) is 5.91 Å². The second-order valence-corrected chi connectivity index (χ2v) is 7.03. The Bertz CT molecular complexity index is 865. The number of rotatable bonds is 5. The number of carbonyl (C=O) groups excluding carboxylic acids is 1. The standard InChI is InChI=1S/C19H24ClN3O4/c1-10-6-13-16(11(2)27-10)22-23(3)17(13)19(24)21-9-12-7-14(20)18(26-5)15(8-12)25-4/h7-8,10-11H,6,9H2,1-5H3,(H,21,24)/t10-,11+/m1/s1. The maximum Gasteiger partial charge on any atom is 0.270 e. The summed E-state index contributed by atoms with van der Waals surface area (Å²) >= 11 is 6.23. The highest BCUT2D eigenvalue weighted by atomic mass is 35.5. The van der Waals surface area contributed by atoms with E-state index >= 15 is 0 Å². The molecule has 0 unspecified atom stereocenters. The van der Waals surface area contributed by atoms with Crippen LogP contribution in [0.1, 0.15) is 47.3 Å². The van der Waals surface area contributed by atoms with Gasteiger partial charge in [0.15, 0.2) is 11.5 Å². The third kappa shape index (κ3) is 3.75. The van der Waals surface area contributed by atoms with E-state index in [1.807, 2.05) is 13.8 Å². The molecule has 146 valence electrons. The lowest BCUT2D eigenvalue weighted by atomic mass is 9.99. The molecule has 3 rings (SSSR count). The molecule has 1 aromatic heterocycles. The predicted octanol–water partition coefficient (Wildman–Crippen LogP) is 3.04. The van der Waals surface area contributed by atoms with Crippen molar-refractivity contribution in [1.29, 1.82) is 0 Å². The molecule has 0 spiro atoms. The van der Waals surface area contributed by atoms with Crippen molar-refractivity contribution in [3.05, 3.63) is 39.7 Å². The van der Waals surface area contributed by atoms with Crippen LogP contribution >= 0.6 is 11.6 Å². The van der Waals surface area contributed by atoms with Gasteiger partial charge < -0.3 is 19.5 Å². The fourth-order valence-corrected chi connectivity index (χ4v) is 3.80. The number of methoxy groups -OCH3 is 2. The molecule has 0 bridgehead atoms. The molecule has 1 aliphatic heterocycles. The van der Waals surface area contributed by atoms with Crippen molar-refractivity contribution in [1.82, 2.24) is 15.1 Å². The first-order valence-corrected chi connectivity index (χ1v) is 9.13. The van der Waals surface area contributed by atoms with E-state index in [0.29, 0.717) is 35.2 Å². The van der Waals surface area contributed by atoms with Crippen LogP contribution in [0.2, 0.25) is 5.02 Å². The molecule has 0 fully saturated rings. The summed E-state index contributed by atoms with van der Waals surface area (Å²) in [7, 11) is 4.85. The molecule has 1 amide bonds. The van der Waals surface area contributed by atoms with Gasteiger partial charge in [-0.3, -0.25) is 9.48 Å². The van der Waals surface area contributed by atoms with Gasteiger partial charge in [0.2, 0.25) is 0 Å². The van der Waals surface area contributed by atoms with Gasteiger partial charge in [-0.2, -0.15) is 5.10 Å². The highest BCUT2D eigenvalue weighted by Crippen LogP contribution is 2.36. The number of ether oxygens (including phenoxy) is 3. The Balaban J connectivity index is 1.81. The molecular formula is C19H24ClN3O4. The predicted molar refractivity (Wildman–Crippen MR) is 102 cm³/mol. The molecule has 0 saturated carbocycles. The molecule has 0 radical (unpaired) electrons. The minimum atomic E-state index is -0.182. The summed E-state index contributed by atoms with van der Waals surface area (Å²) in [6.07, 6.45) is 0.590. The van der Waals surface area contributed by atoms with Gasteiger partial charge in [-0.1, -0.05) is 11.6 Å². The van der Waals surface area contributed by atoms with Gasteiger partial charge in [0.1, 0.15) is 5.69 Å². The van der Waals surface area contributed by atoms with Crippen LogP contribution in [0, 0.1) is 0 Å². The second kappa shape index (κ2) is 7.78. The van der Waals surface area contributed by atoms with Gasteiger partial charge in [-0.15, -0.1) is 0 Å². The average molecular weight is 394 g/mol. The average Bonchev–Trinajstić information content (AvgIpc) is 2.95. The highest BCUT2D eigenvalue weighted by molar-refractivity contribution is 6.32. The summed E-state index contributed by atoms with van der Waals surface area (Å²) in [6, 6.07) is 3.54. The van der Waals surface area contributed by atoms with Gasteiger partial charge in [0.05, 0.1) is 37.1 Å². The van der Waals surface area contributed by atoms with Crippen molar-refractivity contribution >= 4 is 17.5 Å². The number of hydrogen-bond acceptors (Lipinski definition) is 5. The molecule has 2 heterocycles. The first kappa shape index (κ1) is 19.5. The minimum Gasteiger partial charge on any atom is -0.493 e. The Morgan fingerprint density at radius 2 is 2.11 bits per heavy atom. The fraction of sp³-hybridized carbons (Fsp3) is 0.474. The number of nitrogens with one attached hydrogen (secondary N) is 1. The van der Waals surface area contributed by atoms with E-state index < -0.39 is 0 Å². The van der Waals surface area contributed by atoms with E-state index in [-0.39, 0.29) is 18.1 Å². The van der Waals surface area contributed by atoms with Crippen LogP contribution in [0.4, 0.5) is 0 Å². The van der Waals surface area contributed by atoms with Crippen molar-refractivity contribution in [2.45, 2.75) is 39.0 Å².